The molecule has 3 aromatic rings. The lowest BCUT2D eigenvalue weighted by Gasteiger charge is -2.04. The second kappa shape index (κ2) is 6.96. The van der Waals surface area contributed by atoms with E-state index < -0.39 is 5.78 Å². The van der Waals surface area contributed by atoms with Crippen LogP contribution < -0.4 is 0 Å². The fraction of sp³-hybridized carbons (Fsp3) is 0.111. The molecular weight excluding hydrogens is 322 g/mol. The van der Waals surface area contributed by atoms with Crippen molar-refractivity contribution in [3.8, 4) is 0 Å². The van der Waals surface area contributed by atoms with E-state index in [1.807, 2.05) is 12.1 Å². The molecule has 0 bridgehead atoms. The van der Waals surface area contributed by atoms with Crippen LogP contribution in [-0.4, -0.2) is 31.9 Å². The average molecular weight is 337 g/mol. The normalized spacial score (nSPS) is 11.5. The number of Topliss-reactive ketones (excluding diaryl/α,β-unsaturated/α-hetero) is 1. The highest BCUT2D eigenvalue weighted by Gasteiger charge is 2.14. The first-order chi connectivity index (χ1) is 12.0. The highest BCUT2D eigenvalue weighted by molar-refractivity contribution is 6.05. The van der Waals surface area contributed by atoms with Crippen LogP contribution in [0.2, 0.25) is 0 Å². The van der Waals surface area contributed by atoms with Gasteiger partial charge in [-0.2, -0.15) is 5.10 Å². The third kappa shape index (κ3) is 3.72. The van der Waals surface area contributed by atoms with Gasteiger partial charge in [-0.3, -0.25) is 14.7 Å². The topological polar surface area (TPSA) is 109 Å². The van der Waals surface area contributed by atoms with Gasteiger partial charge in [0.15, 0.2) is 11.6 Å². The Balaban J connectivity index is 1.80. The SMILES string of the molecule is CC(=O)c1ccc(Cc2cocc2C(O)=CC(=O)c2ncn[nH]2)cc1. The van der Waals surface area contributed by atoms with E-state index in [2.05, 4.69) is 15.2 Å². The van der Waals surface area contributed by atoms with E-state index in [-0.39, 0.29) is 17.4 Å². The van der Waals surface area contributed by atoms with Crippen molar-refractivity contribution in [1.82, 2.24) is 15.2 Å². The Kier molecular flexibility index (Phi) is 4.56. The van der Waals surface area contributed by atoms with Gasteiger partial charge >= 0.3 is 0 Å². The summed E-state index contributed by atoms with van der Waals surface area (Å²) in [5.74, 6) is -0.670. The minimum atomic E-state index is -0.493. The maximum atomic E-state index is 11.9. The van der Waals surface area contributed by atoms with E-state index in [1.54, 1.807) is 12.1 Å². The number of rotatable bonds is 6. The number of H-pyrrole nitrogens is 1. The van der Waals surface area contributed by atoms with Crippen LogP contribution in [0.3, 0.4) is 0 Å². The minimum Gasteiger partial charge on any atom is -0.507 e. The number of hydrogen-bond donors (Lipinski definition) is 2. The molecule has 3 rings (SSSR count). The first kappa shape index (κ1) is 16.4. The minimum absolute atomic E-state index is 0.00190. The fourth-order valence-electron chi connectivity index (χ4n) is 2.36. The number of benzene rings is 1. The number of carbonyl (C=O) groups is 2. The molecule has 2 aromatic heterocycles. The lowest BCUT2D eigenvalue weighted by atomic mass is 10.0. The molecule has 0 aliphatic heterocycles. The van der Waals surface area contributed by atoms with Crippen LogP contribution >= 0.6 is 0 Å². The van der Waals surface area contributed by atoms with Crippen LogP contribution in [0.5, 0.6) is 0 Å². The van der Waals surface area contributed by atoms with Gasteiger partial charge in [-0.1, -0.05) is 24.3 Å². The largest absolute Gasteiger partial charge is 0.507 e. The number of nitrogens with zero attached hydrogens (tertiary/aromatic N) is 2. The van der Waals surface area contributed by atoms with Gasteiger partial charge < -0.3 is 9.52 Å². The summed E-state index contributed by atoms with van der Waals surface area (Å²) in [5.41, 5.74) is 2.72. The smallest absolute Gasteiger partial charge is 0.226 e. The monoisotopic (exact) mass is 337 g/mol. The van der Waals surface area contributed by atoms with Gasteiger partial charge in [-0.05, 0) is 12.5 Å². The molecule has 0 aliphatic carbocycles. The van der Waals surface area contributed by atoms with Gasteiger partial charge in [-0.25, -0.2) is 4.98 Å². The number of aliphatic hydroxyl groups is 1. The number of hydrogen-bond acceptors (Lipinski definition) is 6. The highest BCUT2D eigenvalue weighted by Crippen LogP contribution is 2.22. The Labute approximate surface area is 143 Å². The summed E-state index contributed by atoms with van der Waals surface area (Å²) in [5, 5.41) is 16.3. The molecule has 0 saturated carbocycles. The molecule has 0 fully saturated rings. The zero-order valence-corrected chi connectivity index (χ0v) is 13.4. The Morgan fingerprint density at radius 2 is 2.00 bits per heavy atom. The number of aromatic nitrogens is 3. The third-order valence-electron chi connectivity index (χ3n) is 3.69. The van der Waals surface area contributed by atoms with E-state index >= 15 is 0 Å². The summed E-state index contributed by atoms with van der Waals surface area (Å²) >= 11 is 0. The van der Waals surface area contributed by atoms with Crippen LogP contribution in [0.15, 0.2) is 53.6 Å². The second-order valence-electron chi connectivity index (χ2n) is 5.47. The van der Waals surface area contributed by atoms with E-state index in [4.69, 9.17) is 4.42 Å². The van der Waals surface area contributed by atoms with Crippen LogP contribution in [-0.2, 0) is 6.42 Å². The first-order valence-corrected chi connectivity index (χ1v) is 7.50. The number of aliphatic hydroxyl groups excluding tert-OH is 1. The van der Waals surface area contributed by atoms with Crippen molar-refractivity contribution in [3.05, 3.63) is 77.3 Å². The summed E-state index contributed by atoms with van der Waals surface area (Å²) in [4.78, 5) is 27.0. The van der Waals surface area contributed by atoms with Crippen molar-refractivity contribution in [2.45, 2.75) is 13.3 Å². The lowest BCUT2D eigenvalue weighted by molar-refractivity contribution is 0.101. The van der Waals surface area contributed by atoms with Gasteiger partial charge in [0, 0.05) is 23.6 Å². The number of allylic oxidation sites excluding steroid dienone is 1. The number of nitrogens with one attached hydrogen (secondary N) is 1. The van der Waals surface area contributed by atoms with Crippen LogP contribution in [0.1, 0.15) is 44.6 Å². The maximum absolute atomic E-state index is 11.9. The van der Waals surface area contributed by atoms with Gasteiger partial charge in [0.25, 0.3) is 0 Å². The van der Waals surface area contributed by atoms with E-state index in [0.717, 1.165) is 17.2 Å². The molecule has 126 valence electrons. The molecule has 2 heterocycles. The van der Waals surface area contributed by atoms with Gasteiger partial charge in [0.05, 0.1) is 11.8 Å². The van der Waals surface area contributed by atoms with Crippen LogP contribution in [0, 0.1) is 0 Å². The van der Waals surface area contributed by atoms with Crippen molar-refractivity contribution in [2.24, 2.45) is 0 Å². The summed E-state index contributed by atoms with van der Waals surface area (Å²) in [6.45, 7) is 1.51. The quantitative estimate of drug-likeness (QED) is 0.406. The maximum Gasteiger partial charge on any atom is 0.226 e. The molecular formula is C18H15N3O4. The van der Waals surface area contributed by atoms with E-state index in [9.17, 15) is 14.7 Å². The fourth-order valence-corrected chi connectivity index (χ4v) is 2.36. The molecule has 0 unspecified atom stereocenters. The summed E-state index contributed by atoms with van der Waals surface area (Å²) in [6.07, 6.45) is 5.65. The predicted octanol–water partition coefficient (Wildman–Crippen LogP) is 2.97. The van der Waals surface area contributed by atoms with Crippen molar-refractivity contribution in [2.75, 3.05) is 0 Å². The molecule has 0 radical (unpaired) electrons. The molecule has 25 heavy (non-hydrogen) atoms. The van der Waals surface area contributed by atoms with Crippen molar-refractivity contribution >= 4 is 17.3 Å². The zero-order valence-electron chi connectivity index (χ0n) is 13.4. The van der Waals surface area contributed by atoms with Gasteiger partial charge in [-0.15, -0.1) is 0 Å². The predicted molar refractivity (Wildman–Crippen MR) is 89.3 cm³/mol. The van der Waals surface area contributed by atoms with Gasteiger partial charge in [0.2, 0.25) is 5.78 Å². The number of furan rings is 1. The molecule has 0 atom stereocenters. The number of ketones is 2. The van der Waals surface area contributed by atoms with Crippen LogP contribution in [0.25, 0.3) is 5.76 Å². The van der Waals surface area contributed by atoms with Crippen molar-refractivity contribution in [1.29, 1.82) is 0 Å². The van der Waals surface area contributed by atoms with Crippen LogP contribution in [0.4, 0.5) is 0 Å². The molecule has 0 spiro atoms. The molecule has 0 saturated heterocycles. The van der Waals surface area contributed by atoms with Gasteiger partial charge in [0.1, 0.15) is 18.3 Å². The third-order valence-corrected chi connectivity index (χ3v) is 3.69. The molecule has 7 nitrogen and oxygen atoms in total. The Bertz CT molecular complexity index is 922. The molecule has 1 aromatic carbocycles. The Morgan fingerprint density at radius 1 is 1.24 bits per heavy atom. The average Bonchev–Trinajstić information content (AvgIpc) is 3.27. The van der Waals surface area contributed by atoms with E-state index in [1.165, 1.54) is 25.8 Å². The summed E-state index contributed by atoms with van der Waals surface area (Å²) < 4.78 is 5.17. The molecule has 0 aliphatic rings. The van der Waals surface area contributed by atoms with E-state index in [0.29, 0.717) is 17.5 Å². The standard InChI is InChI=1S/C18H15N3O4/c1-11(22)13-4-2-12(3-5-13)6-14-8-25-9-15(14)16(23)7-17(24)18-19-10-20-21-18/h2-5,7-10,23H,6H2,1H3,(H,19,20,21). The molecule has 0 amide bonds. The number of carbonyl (C=O) groups excluding carboxylic acids is 2. The molecule has 2 N–H and O–H groups in total. The highest BCUT2D eigenvalue weighted by atomic mass is 16.3. The summed E-state index contributed by atoms with van der Waals surface area (Å²) in [7, 11) is 0. The molecule has 7 heteroatoms. The van der Waals surface area contributed by atoms with Crippen molar-refractivity contribution < 1.29 is 19.1 Å². The van der Waals surface area contributed by atoms with Crippen molar-refractivity contribution in [3.63, 3.8) is 0 Å². The second-order valence-corrected chi connectivity index (χ2v) is 5.47. The zero-order chi connectivity index (χ0) is 17.8. The Morgan fingerprint density at radius 3 is 2.64 bits per heavy atom. The lowest BCUT2D eigenvalue weighted by Crippen LogP contribution is -2.00. The summed E-state index contributed by atoms with van der Waals surface area (Å²) in [6, 6.07) is 7.18. The Hall–Kier alpha value is -3.48. The first-order valence-electron chi connectivity index (χ1n) is 7.50. The number of aromatic amines is 1.